The molecule has 0 aliphatic rings. The summed E-state index contributed by atoms with van der Waals surface area (Å²) in [6.07, 6.45) is 2.36. The standard InChI is InChI=1S/C11H11NO5/c1-2-17-11(14)6-3-8-7-9(12(15)16)4-5-10(8)13/h3-7,13H,2H2,1H3/b6-3+. The number of nitrogens with zero attached hydrogens (tertiary/aromatic N) is 1. The minimum Gasteiger partial charge on any atom is -0.507 e. The molecule has 6 nitrogen and oxygen atoms in total. The molecule has 1 N–H and O–H groups in total. The van der Waals surface area contributed by atoms with E-state index < -0.39 is 10.9 Å². The number of esters is 1. The number of benzene rings is 1. The molecule has 0 aromatic heterocycles. The van der Waals surface area contributed by atoms with E-state index in [1.807, 2.05) is 0 Å². The first-order valence-electron chi connectivity index (χ1n) is 4.87. The number of hydrogen-bond donors (Lipinski definition) is 1. The van der Waals surface area contributed by atoms with Crippen LogP contribution in [-0.2, 0) is 9.53 Å². The Morgan fingerprint density at radius 2 is 2.29 bits per heavy atom. The van der Waals surface area contributed by atoms with Crippen molar-refractivity contribution in [1.82, 2.24) is 0 Å². The molecule has 1 rings (SSSR count). The normalized spacial score (nSPS) is 10.4. The van der Waals surface area contributed by atoms with E-state index in [-0.39, 0.29) is 23.6 Å². The summed E-state index contributed by atoms with van der Waals surface area (Å²) < 4.78 is 4.64. The Morgan fingerprint density at radius 3 is 2.88 bits per heavy atom. The molecule has 90 valence electrons. The van der Waals surface area contributed by atoms with Crippen LogP contribution in [0.15, 0.2) is 24.3 Å². The predicted molar refractivity (Wildman–Crippen MR) is 60.4 cm³/mol. The number of ether oxygens (including phenoxy) is 1. The Hall–Kier alpha value is -2.37. The number of carbonyl (C=O) groups is 1. The highest BCUT2D eigenvalue weighted by Crippen LogP contribution is 2.23. The summed E-state index contributed by atoms with van der Waals surface area (Å²) in [5, 5.41) is 19.9. The van der Waals surface area contributed by atoms with Gasteiger partial charge in [0.15, 0.2) is 0 Å². The third-order valence-electron chi connectivity index (χ3n) is 1.91. The van der Waals surface area contributed by atoms with Gasteiger partial charge in [0.2, 0.25) is 0 Å². The molecule has 0 atom stereocenters. The van der Waals surface area contributed by atoms with Crippen molar-refractivity contribution in [3.05, 3.63) is 40.0 Å². The van der Waals surface area contributed by atoms with Crippen LogP contribution in [0.2, 0.25) is 0 Å². The Labute approximate surface area is 97.3 Å². The summed E-state index contributed by atoms with van der Waals surface area (Å²) in [6, 6.07) is 3.55. The van der Waals surface area contributed by atoms with E-state index in [0.29, 0.717) is 0 Å². The first kappa shape index (κ1) is 12.7. The monoisotopic (exact) mass is 237 g/mol. The van der Waals surface area contributed by atoms with Gasteiger partial charge < -0.3 is 9.84 Å². The molecule has 1 aromatic carbocycles. The highest BCUT2D eigenvalue weighted by atomic mass is 16.6. The van der Waals surface area contributed by atoms with Gasteiger partial charge in [-0.05, 0) is 19.1 Å². The van der Waals surface area contributed by atoms with Crippen molar-refractivity contribution in [3.8, 4) is 5.75 Å². The van der Waals surface area contributed by atoms with E-state index in [2.05, 4.69) is 4.74 Å². The number of aromatic hydroxyl groups is 1. The van der Waals surface area contributed by atoms with Crippen molar-refractivity contribution in [3.63, 3.8) is 0 Å². The summed E-state index contributed by atoms with van der Waals surface area (Å²) in [4.78, 5) is 21.0. The highest BCUT2D eigenvalue weighted by Gasteiger charge is 2.08. The quantitative estimate of drug-likeness (QED) is 0.373. The van der Waals surface area contributed by atoms with Gasteiger partial charge in [-0.3, -0.25) is 10.1 Å². The maximum atomic E-state index is 11.0. The zero-order chi connectivity index (χ0) is 12.8. The van der Waals surface area contributed by atoms with Crippen molar-refractivity contribution in [2.24, 2.45) is 0 Å². The van der Waals surface area contributed by atoms with Crippen molar-refractivity contribution in [2.75, 3.05) is 6.61 Å². The second-order valence-corrected chi connectivity index (χ2v) is 3.09. The Bertz CT molecular complexity index is 467. The zero-order valence-electron chi connectivity index (χ0n) is 9.12. The molecule has 0 unspecified atom stereocenters. The fourth-order valence-corrected chi connectivity index (χ4v) is 1.14. The lowest BCUT2D eigenvalue weighted by Crippen LogP contribution is -1.98. The molecular weight excluding hydrogens is 226 g/mol. The van der Waals surface area contributed by atoms with Crippen LogP contribution in [0.3, 0.4) is 0 Å². The Morgan fingerprint density at radius 1 is 1.59 bits per heavy atom. The van der Waals surface area contributed by atoms with Crippen LogP contribution in [0.4, 0.5) is 5.69 Å². The van der Waals surface area contributed by atoms with Gasteiger partial charge >= 0.3 is 5.97 Å². The number of hydrogen-bond acceptors (Lipinski definition) is 5. The van der Waals surface area contributed by atoms with Gasteiger partial charge in [0.05, 0.1) is 11.5 Å². The molecule has 0 heterocycles. The molecular formula is C11H11NO5. The smallest absolute Gasteiger partial charge is 0.330 e. The number of phenols is 1. The van der Waals surface area contributed by atoms with Crippen LogP contribution in [0.5, 0.6) is 5.75 Å². The van der Waals surface area contributed by atoms with Crippen LogP contribution >= 0.6 is 0 Å². The Kier molecular flexibility index (Phi) is 4.21. The van der Waals surface area contributed by atoms with Gasteiger partial charge in [-0.1, -0.05) is 0 Å². The lowest BCUT2D eigenvalue weighted by Gasteiger charge is -1.99. The minimum atomic E-state index is -0.582. The van der Waals surface area contributed by atoms with Crippen molar-refractivity contribution < 1.29 is 19.6 Å². The summed E-state index contributed by atoms with van der Waals surface area (Å²) in [5.41, 5.74) is 0.0264. The maximum absolute atomic E-state index is 11.0. The first-order chi connectivity index (χ1) is 8.04. The van der Waals surface area contributed by atoms with Gasteiger partial charge in [0, 0.05) is 23.8 Å². The van der Waals surface area contributed by atoms with Crippen molar-refractivity contribution >= 4 is 17.7 Å². The molecule has 0 fully saturated rings. The number of nitro groups is 1. The average molecular weight is 237 g/mol. The summed E-state index contributed by atoms with van der Waals surface area (Å²) in [5.74, 6) is -0.713. The Balaban J connectivity index is 2.93. The van der Waals surface area contributed by atoms with Gasteiger partial charge in [0.1, 0.15) is 5.75 Å². The van der Waals surface area contributed by atoms with Crippen LogP contribution in [0.25, 0.3) is 6.08 Å². The molecule has 6 heteroatoms. The van der Waals surface area contributed by atoms with Crippen LogP contribution in [0, 0.1) is 10.1 Å². The van der Waals surface area contributed by atoms with E-state index in [9.17, 15) is 20.0 Å². The maximum Gasteiger partial charge on any atom is 0.330 e. The van der Waals surface area contributed by atoms with E-state index in [1.54, 1.807) is 6.92 Å². The van der Waals surface area contributed by atoms with E-state index in [1.165, 1.54) is 24.3 Å². The molecule has 0 amide bonds. The number of non-ortho nitro benzene ring substituents is 1. The molecule has 17 heavy (non-hydrogen) atoms. The number of carbonyl (C=O) groups excluding carboxylic acids is 1. The summed E-state index contributed by atoms with van der Waals surface area (Å²) in [7, 11) is 0. The van der Waals surface area contributed by atoms with E-state index in [4.69, 9.17) is 0 Å². The van der Waals surface area contributed by atoms with Crippen LogP contribution in [0.1, 0.15) is 12.5 Å². The fraction of sp³-hybridized carbons (Fsp3) is 0.182. The fourth-order valence-electron chi connectivity index (χ4n) is 1.14. The third kappa shape index (κ3) is 3.60. The lowest BCUT2D eigenvalue weighted by molar-refractivity contribution is -0.384. The zero-order valence-corrected chi connectivity index (χ0v) is 9.12. The average Bonchev–Trinajstić information content (AvgIpc) is 2.28. The molecule has 0 bridgehead atoms. The van der Waals surface area contributed by atoms with Crippen molar-refractivity contribution in [1.29, 1.82) is 0 Å². The number of phenolic OH excluding ortho intramolecular Hbond substituents is 1. The molecule has 0 radical (unpaired) electrons. The molecule has 0 saturated heterocycles. The van der Waals surface area contributed by atoms with Gasteiger partial charge in [-0.25, -0.2) is 4.79 Å². The first-order valence-corrected chi connectivity index (χ1v) is 4.87. The highest BCUT2D eigenvalue weighted by molar-refractivity contribution is 5.87. The minimum absolute atomic E-state index is 0.142. The van der Waals surface area contributed by atoms with Gasteiger partial charge in [-0.2, -0.15) is 0 Å². The molecule has 0 aliphatic carbocycles. The molecule has 0 aliphatic heterocycles. The molecule has 0 saturated carbocycles. The van der Waals surface area contributed by atoms with E-state index in [0.717, 1.165) is 6.08 Å². The second-order valence-electron chi connectivity index (χ2n) is 3.09. The molecule has 1 aromatic rings. The number of rotatable bonds is 4. The largest absolute Gasteiger partial charge is 0.507 e. The van der Waals surface area contributed by atoms with Gasteiger partial charge in [0.25, 0.3) is 5.69 Å². The van der Waals surface area contributed by atoms with Crippen LogP contribution in [-0.4, -0.2) is 22.6 Å². The summed E-state index contributed by atoms with van der Waals surface area (Å²) in [6.45, 7) is 1.90. The topological polar surface area (TPSA) is 89.7 Å². The predicted octanol–water partition coefficient (Wildman–Crippen LogP) is 1.88. The SMILES string of the molecule is CCOC(=O)/C=C/c1cc([N+](=O)[O-])ccc1O. The second kappa shape index (κ2) is 5.64. The summed E-state index contributed by atoms with van der Waals surface area (Å²) >= 11 is 0. The third-order valence-corrected chi connectivity index (χ3v) is 1.91. The van der Waals surface area contributed by atoms with E-state index >= 15 is 0 Å². The van der Waals surface area contributed by atoms with Gasteiger partial charge in [-0.15, -0.1) is 0 Å². The van der Waals surface area contributed by atoms with Crippen molar-refractivity contribution in [2.45, 2.75) is 6.92 Å². The van der Waals surface area contributed by atoms with Crippen LogP contribution < -0.4 is 0 Å². The molecule has 0 spiro atoms. The number of nitro benzene ring substituents is 1. The lowest BCUT2D eigenvalue weighted by atomic mass is 10.1.